The van der Waals surface area contributed by atoms with Gasteiger partial charge in [-0.25, -0.2) is 4.39 Å². The molecule has 0 spiro atoms. The molecular formula is C27H28F4N4O2. The molecule has 6 nitrogen and oxygen atoms in total. The highest BCUT2D eigenvalue weighted by Crippen LogP contribution is 2.49. The number of aryl methyl sites for hydroxylation is 1. The van der Waals surface area contributed by atoms with Crippen molar-refractivity contribution in [1.82, 2.24) is 15.2 Å². The first-order valence-corrected chi connectivity index (χ1v) is 12.8. The lowest BCUT2D eigenvalue weighted by molar-refractivity contribution is -0.137. The summed E-state index contributed by atoms with van der Waals surface area (Å²) in [5.41, 5.74) is 0.821. The zero-order chi connectivity index (χ0) is 26.1. The van der Waals surface area contributed by atoms with Crippen molar-refractivity contribution < 1.29 is 27.2 Å². The Hall–Kier alpha value is -3.17. The van der Waals surface area contributed by atoms with Gasteiger partial charge in [-0.05, 0) is 75.5 Å². The molecule has 2 aromatic rings. The summed E-state index contributed by atoms with van der Waals surface area (Å²) < 4.78 is 53.9. The van der Waals surface area contributed by atoms with Crippen LogP contribution in [0, 0.1) is 24.6 Å². The highest BCUT2D eigenvalue weighted by Gasteiger charge is 2.56. The molecule has 4 atom stereocenters. The summed E-state index contributed by atoms with van der Waals surface area (Å²) in [4.78, 5) is 33.3. The number of pyridine rings is 1. The number of alkyl halides is 3. The average molecular weight is 517 g/mol. The standard InChI is InChI=1S/C27H28F4N4O2/c1-13-8-19(21(12-32-13)33-17-5-6-17)26(37)35-22-9-15(22)10-23(35)25(36)34-24(14-2-3-14)18-7-4-16(11-20(18)28)27(29,30)31/h4,7-8,11-12,14-15,17,22-24,33H,2-3,5-6,9-10H2,1H3,(H,34,36)/t15-,22-,23-,24-/m1/s1. The predicted octanol–water partition coefficient (Wildman–Crippen LogP) is 4.99. The molecule has 2 amide bonds. The number of carbonyl (C=O) groups is 2. The minimum atomic E-state index is -4.65. The van der Waals surface area contributed by atoms with Crippen molar-refractivity contribution in [2.45, 2.75) is 75.8 Å². The van der Waals surface area contributed by atoms with Crippen molar-refractivity contribution in [3.8, 4) is 0 Å². The van der Waals surface area contributed by atoms with Crippen LogP contribution in [0.2, 0.25) is 0 Å². The summed E-state index contributed by atoms with van der Waals surface area (Å²) in [5, 5.41) is 6.25. The van der Waals surface area contributed by atoms with E-state index in [2.05, 4.69) is 15.6 Å². The van der Waals surface area contributed by atoms with Gasteiger partial charge in [-0.1, -0.05) is 6.07 Å². The lowest BCUT2D eigenvalue weighted by atomic mass is 9.99. The molecule has 3 saturated carbocycles. The van der Waals surface area contributed by atoms with E-state index in [-0.39, 0.29) is 35.3 Å². The van der Waals surface area contributed by atoms with Gasteiger partial charge in [0.15, 0.2) is 0 Å². The number of benzene rings is 1. The second kappa shape index (κ2) is 8.70. The predicted molar refractivity (Wildman–Crippen MR) is 127 cm³/mol. The number of nitrogens with one attached hydrogen (secondary N) is 2. The number of anilines is 1. The van der Waals surface area contributed by atoms with Crippen molar-refractivity contribution in [3.05, 3.63) is 58.7 Å². The first-order valence-electron chi connectivity index (χ1n) is 12.8. The number of aromatic nitrogens is 1. The van der Waals surface area contributed by atoms with Crippen molar-refractivity contribution >= 4 is 17.5 Å². The number of fused-ring (bicyclic) bond motifs is 1. The second-order valence-electron chi connectivity index (χ2n) is 10.9. The fraction of sp³-hybridized carbons (Fsp3) is 0.519. The molecule has 4 aliphatic rings. The Morgan fingerprint density at radius 2 is 1.86 bits per heavy atom. The third-order valence-corrected chi connectivity index (χ3v) is 7.90. The largest absolute Gasteiger partial charge is 0.416 e. The Morgan fingerprint density at radius 3 is 2.51 bits per heavy atom. The summed E-state index contributed by atoms with van der Waals surface area (Å²) in [6, 6.07) is 3.04. The lowest BCUT2D eigenvalue weighted by Gasteiger charge is -2.30. The van der Waals surface area contributed by atoms with Gasteiger partial charge in [0.25, 0.3) is 5.91 Å². The molecule has 0 bridgehead atoms. The normalized spacial score (nSPS) is 25.4. The second-order valence-corrected chi connectivity index (χ2v) is 10.9. The lowest BCUT2D eigenvalue weighted by Crippen LogP contribution is -2.49. The average Bonchev–Trinajstić information content (AvgIpc) is 3.72. The molecule has 2 N–H and O–H groups in total. The summed E-state index contributed by atoms with van der Waals surface area (Å²) in [6.45, 7) is 1.81. The molecule has 1 saturated heterocycles. The fourth-order valence-electron chi connectivity index (χ4n) is 5.51. The topological polar surface area (TPSA) is 74.3 Å². The van der Waals surface area contributed by atoms with Crippen LogP contribution in [0.15, 0.2) is 30.5 Å². The molecule has 6 rings (SSSR count). The number of piperidine rings is 1. The molecule has 3 aliphatic carbocycles. The Kier molecular flexibility index (Phi) is 5.69. The Bertz CT molecular complexity index is 1260. The van der Waals surface area contributed by atoms with Gasteiger partial charge in [0, 0.05) is 23.3 Å². The smallest absolute Gasteiger partial charge is 0.380 e. The van der Waals surface area contributed by atoms with Gasteiger partial charge in [-0.15, -0.1) is 0 Å². The van der Waals surface area contributed by atoms with E-state index in [1.54, 1.807) is 17.2 Å². The van der Waals surface area contributed by atoms with Crippen molar-refractivity contribution in [1.29, 1.82) is 0 Å². The minimum Gasteiger partial charge on any atom is -0.380 e. The summed E-state index contributed by atoms with van der Waals surface area (Å²) >= 11 is 0. The fourth-order valence-corrected chi connectivity index (χ4v) is 5.51. The van der Waals surface area contributed by atoms with E-state index < -0.39 is 29.6 Å². The van der Waals surface area contributed by atoms with Gasteiger partial charge < -0.3 is 15.5 Å². The molecule has 2 heterocycles. The van der Waals surface area contributed by atoms with E-state index in [0.717, 1.165) is 44.2 Å². The van der Waals surface area contributed by atoms with E-state index in [9.17, 15) is 27.2 Å². The number of rotatable bonds is 7. The number of nitrogens with zero attached hydrogens (tertiary/aromatic N) is 2. The summed E-state index contributed by atoms with van der Waals surface area (Å²) in [6.07, 6.45) is 1.92. The highest BCUT2D eigenvalue weighted by molar-refractivity contribution is 6.02. The quantitative estimate of drug-likeness (QED) is 0.509. The van der Waals surface area contributed by atoms with Gasteiger partial charge in [-0.2, -0.15) is 13.2 Å². The van der Waals surface area contributed by atoms with Gasteiger partial charge in [-0.3, -0.25) is 14.6 Å². The van der Waals surface area contributed by atoms with Crippen LogP contribution in [-0.2, 0) is 11.0 Å². The zero-order valence-corrected chi connectivity index (χ0v) is 20.3. The van der Waals surface area contributed by atoms with Gasteiger partial charge in [0.2, 0.25) is 5.91 Å². The zero-order valence-electron chi connectivity index (χ0n) is 20.3. The first-order chi connectivity index (χ1) is 17.6. The summed E-state index contributed by atoms with van der Waals surface area (Å²) in [5.74, 6) is -1.42. The molecular weight excluding hydrogens is 488 g/mol. The van der Waals surface area contributed by atoms with Crippen LogP contribution >= 0.6 is 0 Å². The molecule has 1 aliphatic heterocycles. The maximum atomic E-state index is 14.8. The number of likely N-dealkylation sites (tertiary alicyclic amines) is 1. The molecule has 196 valence electrons. The monoisotopic (exact) mass is 516 g/mol. The molecule has 1 aromatic heterocycles. The van der Waals surface area contributed by atoms with E-state index in [0.29, 0.717) is 35.5 Å². The van der Waals surface area contributed by atoms with Crippen LogP contribution in [0.5, 0.6) is 0 Å². The van der Waals surface area contributed by atoms with Crippen LogP contribution in [0.4, 0.5) is 23.2 Å². The number of carbonyl (C=O) groups excluding carboxylic acids is 2. The van der Waals surface area contributed by atoms with E-state index in [1.165, 1.54) is 0 Å². The Balaban J connectivity index is 1.24. The number of hydrogen-bond acceptors (Lipinski definition) is 4. The Labute approximate surface area is 211 Å². The van der Waals surface area contributed by atoms with Crippen molar-refractivity contribution in [2.75, 3.05) is 5.32 Å². The van der Waals surface area contributed by atoms with Crippen LogP contribution in [-0.4, -0.2) is 39.8 Å². The first kappa shape index (κ1) is 24.2. The third-order valence-electron chi connectivity index (χ3n) is 7.90. The summed E-state index contributed by atoms with van der Waals surface area (Å²) in [7, 11) is 0. The van der Waals surface area contributed by atoms with Crippen molar-refractivity contribution in [2.24, 2.45) is 11.8 Å². The molecule has 0 unspecified atom stereocenters. The van der Waals surface area contributed by atoms with Gasteiger partial charge in [0.05, 0.1) is 29.1 Å². The van der Waals surface area contributed by atoms with Crippen molar-refractivity contribution in [3.63, 3.8) is 0 Å². The SMILES string of the molecule is Cc1cc(C(=O)N2[C@@H](C(=O)N[C@@H](c3ccc(C(F)(F)F)cc3F)C3CC3)C[C@H]3C[C@H]32)c(NC2CC2)cn1. The van der Waals surface area contributed by atoms with Crippen LogP contribution in [0.1, 0.15) is 71.7 Å². The number of amides is 2. The highest BCUT2D eigenvalue weighted by atomic mass is 19.4. The van der Waals surface area contributed by atoms with Crippen LogP contribution in [0.3, 0.4) is 0 Å². The number of halogens is 4. The van der Waals surface area contributed by atoms with Gasteiger partial charge in [0.1, 0.15) is 11.9 Å². The maximum Gasteiger partial charge on any atom is 0.416 e. The molecule has 4 fully saturated rings. The minimum absolute atomic E-state index is 0.0207. The van der Waals surface area contributed by atoms with E-state index in [1.807, 2.05) is 6.92 Å². The van der Waals surface area contributed by atoms with Gasteiger partial charge >= 0.3 is 6.18 Å². The van der Waals surface area contributed by atoms with Crippen LogP contribution < -0.4 is 10.6 Å². The molecule has 37 heavy (non-hydrogen) atoms. The maximum absolute atomic E-state index is 14.8. The van der Waals surface area contributed by atoms with E-state index in [4.69, 9.17) is 0 Å². The number of hydrogen-bond donors (Lipinski definition) is 2. The third kappa shape index (κ3) is 4.78. The van der Waals surface area contributed by atoms with Crippen LogP contribution in [0.25, 0.3) is 0 Å². The Morgan fingerprint density at radius 1 is 1.11 bits per heavy atom. The molecule has 10 heteroatoms. The molecule has 0 radical (unpaired) electrons. The van der Waals surface area contributed by atoms with E-state index >= 15 is 0 Å². The molecule has 1 aromatic carbocycles.